The summed E-state index contributed by atoms with van der Waals surface area (Å²) in [5.41, 5.74) is 1.93. The fraction of sp³-hybridized carbons (Fsp3) is 0.100. The van der Waals surface area contributed by atoms with Crippen LogP contribution in [0.5, 0.6) is 0 Å². The zero-order chi connectivity index (χ0) is 9.84. The predicted molar refractivity (Wildman–Crippen MR) is 51.7 cm³/mol. The number of aromatic nitrogens is 1. The van der Waals surface area contributed by atoms with Crippen molar-refractivity contribution in [2.45, 2.75) is 6.92 Å². The molecular formula is C10H11NO2. The van der Waals surface area contributed by atoms with Crippen LogP contribution >= 0.6 is 0 Å². The van der Waals surface area contributed by atoms with E-state index in [0.29, 0.717) is 0 Å². The molecule has 0 aliphatic carbocycles. The number of nitrogens with one attached hydrogen (secondary N) is 1. The lowest BCUT2D eigenvalue weighted by Crippen LogP contribution is -1.95. The predicted octanol–water partition coefficient (Wildman–Crippen LogP) is 2.22. The van der Waals surface area contributed by atoms with E-state index in [1.54, 1.807) is 24.3 Å². The highest BCUT2D eigenvalue weighted by molar-refractivity contribution is 5.86. The monoisotopic (exact) mass is 177 g/mol. The lowest BCUT2D eigenvalue weighted by atomic mass is 10.2. The lowest BCUT2D eigenvalue weighted by molar-refractivity contribution is 0.0691. The average Bonchev–Trinajstić information content (AvgIpc) is 2.44. The zero-order valence-corrected chi connectivity index (χ0v) is 7.37. The van der Waals surface area contributed by atoms with Crippen LogP contribution < -0.4 is 0 Å². The summed E-state index contributed by atoms with van der Waals surface area (Å²) in [7, 11) is 0. The average molecular weight is 177 g/mol. The zero-order valence-electron chi connectivity index (χ0n) is 7.37. The van der Waals surface area contributed by atoms with Gasteiger partial charge in [0.15, 0.2) is 0 Å². The fourth-order valence-electron chi connectivity index (χ4n) is 1.03. The number of aromatic amines is 1. The number of rotatable bonds is 3. The molecule has 0 radical (unpaired) electrons. The second-order valence-corrected chi connectivity index (χ2v) is 2.68. The van der Waals surface area contributed by atoms with Gasteiger partial charge in [0.1, 0.15) is 5.69 Å². The van der Waals surface area contributed by atoms with Crippen molar-refractivity contribution in [1.29, 1.82) is 0 Å². The summed E-state index contributed by atoms with van der Waals surface area (Å²) in [6.07, 6.45) is 5.18. The van der Waals surface area contributed by atoms with Crippen LogP contribution in [-0.2, 0) is 0 Å². The van der Waals surface area contributed by atoms with Crippen LogP contribution in [0.25, 0.3) is 6.08 Å². The summed E-state index contributed by atoms with van der Waals surface area (Å²) in [4.78, 5) is 13.3. The SMILES string of the molecule is C=C/C=C\c1[nH]c(C(=O)O)cc1C. The number of hydrogen-bond donors (Lipinski definition) is 2. The number of aryl methyl sites for hydroxylation is 1. The molecule has 0 aliphatic heterocycles. The van der Waals surface area contributed by atoms with Crippen molar-refractivity contribution in [3.63, 3.8) is 0 Å². The summed E-state index contributed by atoms with van der Waals surface area (Å²) in [5.74, 6) is -0.943. The van der Waals surface area contributed by atoms with Crippen LogP contribution in [0.15, 0.2) is 24.8 Å². The van der Waals surface area contributed by atoms with E-state index in [2.05, 4.69) is 11.6 Å². The topological polar surface area (TPSA) is 53.1 Å². The molecule has 1 rings (SSSR count). The molecule has 0 aromatic carbocycles. The molecule has 0 fully saturated rings. The molecule has 0 amide bonds. The second-order valence-electron chi connectivity index (χ2n) is 2.68. The smallest absolute Gasteiger partial charge is 0.352 e. The van der Waals surface area contributed by atoms with Gasteiger partial charge < -0.3 is 10.1 Å². The van der Waals surface area contributed by atoms with E-state index in [4.69, 9.17) is 5.11 Å². The molecule has 1 aromatic rings. The summed E-state index contributed by atoms with van der Waals surface area (Å²) in [5, 5.41) is 8.67. The van der Waals surface area contributed by atoms with Crippen LogP contribution in [0.2, 0.25) is 0 Å². The minimum absolute atomic E-state index is 0.209. The summed E-state index contributed by atoms with van der Waals surface area (Å²) >= 11 is 0. The third kappa shape index (κ3) is 2.08. The maximum Gasteiger partial charge on any atom is 0.352 e. The van der Waals surface area contributed by atoms with Crippen molar-refractivity contribution in [1.82, 2.24) is 4.98 Å². The van der Waals surface area contributed by atoms with Gasteiger partial charge in [-0.05, 0) is 24.6 Å². The van der Waals surface area contributed by atoms with Crippen LogP contribution in [-0.4, -0.2) is 16.1 Å². The van der Waals surface area contributed by atoms with Gasteiger partial charge in [0.05, 0.1) is 0 Å². The number of carbonyl (C=O) groups is 1. The van der Waals surface area contributed by atoms with E-state index in [1.165, 1.54) is 0 Å². The van der Waals surface area contributed by atoms with Crippen LogP contribution in [0.4, 0.5) is 0 Å². The lowest BCUT2D eigenvalue weighted by Gasteiger charge is -1.88. The highest BCUT2D eigenvalue weighted by atomic mass is 16.4. The number of hydrogen-bond acceptors (Lipinski definition) is 1. The molecule has 3 heteroatoms. The van der Waals surface area contributed by atoms with E-state index >= 15 is 0 Å². The molecule has 0 saturated heterocycles. The normalized spacial score (nSPS) is 10.5. The fourth-order valence-corrected chi connectivity index (χ4v) is 1.03. The van der Waals surface area contributed by atoms with Crippen LogP contribution in [0.1, 0.15) is 21.7 Å². The summed E-state index contributed by atoms with van der Waals surface area (Å²) < 4.78 is 0. The molecule has 0 atom stereocenters. The number of carboxylic acid groups (broad SMARTS) is 1. The first-order valence-corrected chi connectivity index (χ1v) is 3.87. The Labute approximate surface area is 76.4 Å². The molecule has 13 heavy (non-hydrogen) atoms. The van der Waals surface area contributed by atoms with Crippen molar-refractivity contribution in [2.75, 3.05) is 0 Å². The molecule has 0 saturated carbocycles. The van der Waals surface area contributed by atoms with Gasteiger partial charge in [0, 0.05) is 5.69 Å². The number of aromatic carboxylic acids is 1. The van der Waals surface area contributed by atoms with Gasteiger partial charge in [0.25, 0.3) is 0 Å². The molecular weight excluding hydrogens is 166 g/mol. The van der Waals surface area contributed by atoms with Crippen LogP contribution in [0, 0.1) is 6.92 Å². The van der Waals surface area contributed by atoms with Gasteiger partial charge in [0.2, 0.25) is 0 Å². The van der Waals surface area contributed by atoms with E-state index in [0.717, 1.165) is 11.3 Å². The molecule has 68 valence electrons. The third-order valence-corrected chi connectivity index (χ3v) is 1.68. The standard InChI is InChI=1S/C10H11NO2/c1-3-4-5-8-7(2)6-9(11-8)10(12)13/h3-6,11H,1H2,2H3,(H,12,13)/b5-4-. The number of H-pyrrole nitrogens is 1. The minimum Gasteiger partial charge on any atom is -0.477 e. The molecule has 2 N–H and O–H groups in total. The van der Waals surface area contributed by atoms with Crippen molar-refractivity contribution in [2.24, 2.45) is 0 Å². The van der Waals surface area contributed by atoms with E-state index < -0.39 is 5.97 Å². The van der Waals surface area contributed by atoms with Crippen molar-refractivity contribution < 1.29 is 9.90 Å². The summed E-state index contributed by atoms with van der Waals surface area (Å²) in [6, 6.07) is 1.60. The Morgan fingerprint density at radius 3 is 2.85 bits per heavy atom. The van der Waals surface area contributed by atoms with Gasteiger partial charge in [-0.3, -0.25) is 0 Å². The van der Waals surface area contributed by atoms with E-state index in [-0.39, 0.29) is 5.69 Å². The minimum atomic E-state index is -0.943. The molecule has 1 heterocycles. The first-order valence-electron chi connectivity index (χ1n) is 3.87. The Morgan fingerprint density at radius 1 is 1.69 bits per heavy atom. The number of carboxylic acids is 1. The second kappa shape index (κ2) is 3.76. The van der Waals surface area contributed by atoms with Gasteiger partial charge in [-0.2, -0.15) is 0 Å². The maximum absolute atomic E-state index is 10.6. The molecule has 1 aromatic heterocycles. The van der Waals surface area contributed by atoms with Gasteiger partial charge in [-0.1, -0.05) is 18.7 Å². The Bertz CT molecular complexity index is 361. The van der Waals surface area contributed by atoms with E-state index in [1.807, 2.05) is 6.92 Å². The van der Waals surface area contributed by atoms with Gasteiger partial charge in [-0.15, -0.1) is 0 Å². The highest BCUT2D eigenvalue weighted by Crippen LogP contribution is 2.11. The summed E-state index contributed by atoms with van der Waals surface area (Å²) in [6.45, 7) is 5.38. The first-order chi connectivity index (χ1) is 6.15. The Hall–Kier alpha value is -1.77. The molecule has 0 bridgehead atoms. The van der Waals surface area contributed by atoms with Crippen LogP contribution in [0.3, 0.4) is 0 Å². The molecule has 0 spiro atoms. The van der Waals surface area contributed by atoms with Crippen molar-refractivity contribution >= 4 is 12.0 Å². The Balaban J connectivity index is 3.02. The van der Waals surface area contributed by atoms with E-state index in [9.17, 15) is 4.79 Å². The Kier molecular flexibility index (Phi) is 2.69. The molecule has 0 unspecified atom stereocenters. The largest absolute Gasteiger partial charge is 0.477 e. The van der Waals surface area contributed by atoms with Crippen molar-refractivity contribution in [3.8, 4) is 0 Å². The Morgan fingerprint density at radius 2 is 2.38 bits per heavy atom. The van der Waals surface area contributed by atoms with Gasteiger partial charge >= 0.3 is 5.97 Å². The quantitative estimate of drug-likeness (QED) is 0.695. The molecule has 0 aliphatic rings. The highest BCUT2D eigenvalue weighted by Gasteiger charge is 2.07. The first kappa shape index (κ1) is 9.32. The maximum atomic E-state index is 10.6. The number of allylic oxidation sites excluding steroid dienone is 2. The third-order valence-electron chi connectivity index (χ3n) is 1.68. The van der Waals surface area contributed by atoms with Gasteiger partial charge in [-0.25, -0.2) is 4.79 Å². The molecule has 3 nitrogen and oxygen atoms in total. The van der Waals surface area contributed by atoms with Crippen molar-refractivity contribution in [3.05, 3.63) is 41.7 Å².